The van der Waals surface area contributed by atoms with Crippen molar-refractivity contribution in [3.8, 4) is 0 Å². The zero-order valence-corrected chi connectivity index (χ0v) is 14.1. The van der Waals surface area contributed by atoms with Gasteiger partial charge in [-0.1, -0.05) is 0 Å². The minimum absolute atomic E-state index is 0.00198. The Morgan fingerprint density at radius 3 is 2.30 bits per heavy atom. The van der Waals surface area contributed by atoms with Crippen LogP contribution in [0.4, 0.5) is 0 Å². The van der Waals surface area contributed by atoms with Crippen molar-refractivity contribution in [2.24, 2.45) is 16.8 Å². The highest BCUT2D eigenvalue weighted by molar-refractivity contribution is 5.81. The van der Waals surface area contributed by atoms with Crippen LogP contribution in [-0.4, -0.2) is 62.6 Å². The Hall–Kier alpha value is -1.79. The van der Waals surface area contributed by atoms with E-state index in [-0.39, 0.29) is 23.7 Å². The average Bonchev–Trinajstić information content (AvgIpc) is 3.40. The smallest absolute Gasteiger partial charge is 0.309 e. The summed E-state index contributed by atoms with van der Waals surface area (Å²) in [5.74, 6) is 1.15. The van der Waals surface area contributed by atoms with Crippen LogP contribution in [0.5, 0.6) is 0 Å². The molecule has 0 aromatic carbocycles. The minimum Gasteiger partial charge on any atom is -0.466 e. The summed E-state index contributed by atoms with van der Waals surface area (Å²) in [7, 11) is 1.75. The molecule has 2 N–H and O–H groups in total. The van der Waals surface area contributed by atoms with Gasteiger partial charge in [0.25, 0.3) is 0 Å². The molecule has 7 heteroatoms. The van der Waals surface area contributed by atoms with Gasteiger partial charge >= 0.3 is 5.97 Å². The van der Waals surface area contributed by atoms with Crippen molar-refractivity contribution in [2.75, 3.05) is 39.8 Å². The molecule has 1 heterocycles. The van der Waals surface area contributed by atoms with Crippen LogP contribution in [0.25, 0.3) is 0 Å². The number of rotatable bonds is 6. The molecule has 1 saturated heterocycles. The number of carbonyl (C=O) groups is 2. The third kappa shape index (κ3) is 5.41. The number of nitrogens with zero attached hydrogens (tertiary/aromatic N) is 2. The lowest BCUT2D eigenvalue weighted by atomic mass is 9.97. The van der Waals surface area contributed by atoms with E-state index >= 15 is 0 Å². The Balaban J connectivity index is 1.66. The van der Waals surface area contributed by atoms with Crippen molar-refractivity contribution >= 4 is 17.8 Å². The molecule has 0 radical (unpaired) electrons. The molecular weight excluding hydrogens is 296 g/mol. The molecule has 1 saturated carbocycles. The first-order valence-corrected chi connectivity index (χ1v) is 8.55. The van der Waals surface area contributed by atoms with Crippen LogP contribution in [0.2, 0.25) is 0 Å². The highest BCUT2D eigenvalue weighted by Crippen LogP contribution is 2.28. The van der Waals surface area contributed by atoms with Crippen molar-refractivity contribution in [3.63, 3.8) is 0 Å². The number of carbonyl (C=O) groups excluding carboxylic acids is 2. The molecule has 130 valence electrons. The summed E-state index contributed by atoms with van der Waals surface area (Å²) in [5, 5.41) is 6.19. The van der Waals surface area contributed by atoms with Crippen molar-refractivity contribution in [3.05, 3.63) is 0 Å². The predicted molar refractivity (Wildman–Crippen MR) is 88.0 cm³/mol. The summed E-state index contributed by atoms with van der Waals surface area (Å²) >= 11 is 0. The van der Waals surface area contributed by atoms with Gasteiger partial charge in [0.15, 0.2) is 5.96 Å². The summed E-state index contributed by atoms with van der Waals surface area (Å²) in [5.41, 5.74) is 0. The van der Waals surface area contributed by atoms with E-state index in [0.717, 1.165) is 44.7 Å². The Kier molecular flexibility index (Phi) is 6.67. The summed E-state index contributed by atoms with van der Waals surface area (Å²) < 4.78 is 5.09. The van der Waals surface area contributed by atoms with E-state index in [4.69, 9.17) is 4.74 Å². The van der Waals surface area contributed by atoms with Gasteiger partial charge in [-0.25, -0.2) is 0 Å². The highest BCUT2D eigenvalue weighted by atomic mass is 16.5. The molecule has 1 aliphatic heterocycles. The van der Waals surface area contributed by atoms with Crippen molar-refractivity contribution in [1.82, 2.24) is 15.5 Å². The van der Waals surface area contributed by atoms with Gasteiger partial charge in [0.05, 0.1) is 12.5 Å². The lowest BCUT2D eigenvalue weighted by Gasteiger charge is -2.33. The maximum absolute atomic E-state index is 11.8. The van der Waals surface area contributed by atoms with Crippen LogP contribution in [0.1, 0.15) is 32.6 Å². The van der Waals surface area contributed by atoms with E-state index in [9.17, 15) is 9.59 Å². The van der Waals surface area contributed by atoms with Crippen LogP contribution in [0, 0.1) is 11.8 Å². The lowest BCUT2D eigenvalue weighted by molar-refractivity contribution is -0.149. The van der Waals surface area contributed by atoms with Crippen LogP contribution < -0.4 is 10.6 Å². The molecule has 7 nitrogen and oxygen atoms in total. The van der Waals surface area contributed by atoms with E-state index in [1.807, 2.05) is 6.92 Å². The maximum Gasteiger partial charge on any atom is 0.309 e. The fourth-order valence-electron chi connectivity index (χ4n) is 2.77. The van der Waals surface area contributed by atoms with Gasteiger partial charge in [-0.2, -0.15) is 0 Å². The van der Waals surface area contributed by atoms with Gasteiger partial charge in [0.2, 0.25) is 5.91 Å². The molecule has 2 rings (SSSR count). The number of ether oxygens (including phenoxy) is 1. The van der Waals surface area contributed by atoms with Crippen LogP contribution in [-0.2, 0) is 14.3 Å². The van der Waals surface area contributed by atoms with Crippen molar-refractivity contribution in [2.45, 2.75) is 32.6 Å². The first-order chi connectivity index (χ1) is 11.2. The topological polar surface area (TPSA) is 83.0 Å². The third-order valence-corrected chi connectivity index (χ3v) is 4.28. The molecule has 23 heavy (non-hydrogen) atoms. The van der Waals surface area contributed by atoms with Gasteiger partial charge in [0, 0.05) is 39.1 Å². The summed E-state index contributed by atoms with van der Waals surface area (Å²) in [4.78, 5) is 29.7. The molecule has 0 atom stereocenters. The summed E-state index contributed by atoms with van der Waals surface area (Å²) in [6, 6.07) is 0. The Morgan fingerprint density at radius 1 is 1.09 bits per heavy atom. The molecule has 2 aliphatic rings. The number of likely N-dealkylation sites (tertiary alicyclic amines) is 1. The normalized spacial score (nSPS) is 19.4. The first-order valence-electron chi connectivity index (χ1n) is 8.55. The second-order valence-electron chi connectivity index (χ2n) is 6.05. The Bertz CT molecular complexity index is 441. The average molecular weight is 324 g/mol. The van der Waals surface area contributed by atoms with Crippen LogP contribution in [0.15, 0.2) is 4.99 Å². The zero-order chi connectivity index (χ0) is 16.7. The number of esters is 1. The Labute approximate surface area is 137 Å². The standard InChI is InChI=1S/C16H28N4O3/c1-3-23-15(22)13-6-10-20(11-7-13)16(17-2)19-9-8-18-14(21)12-4-5-12/h12-13H,3-11H2,1-2H3,(H,17,19)(H,18,21). The number of amides is 1. The van der Waals surface area contributed by atoms with Crippen molar-refractivity contribution < 1.29 is 14.3 Å². The monoisotopic (exact) mass is 324 g/mol. The fourth-order valence-corrected chi connectivity index (χ4v) is 2.77. The first kappa shape index (κ1) is 17.6. The SMILES string of the molecule is CCOC(=O)C1CCN(C(=NC)NCCNC(=O)C2CC2)CC1. The maximum atomic E-state index is 11.8. The molecule has 0 bridgehead atoms. The van der Waals surface area contributed by atoms with E-state index in [0.29, 0.717) is 19.7 Å². The van der Waals surface area contributed by atoms with Gasteiger partial charge in [-0.05, 0) is 32.6 Å². The van der Waals surface area contributed by atoms with Crippen molar-refractivity contribution in [1.29, 1.82) is 0 Å². The molecule has 1 amide bonds. The molecule has 0 spiro atoms. The number of guanidine groups is 1. The fraction of sp³-hybridized carbons (Fsp3) is 0.812. The van der Waals surface area contributed by atoms with Gasteiger partial charge in [-0.15, -0.1) is 0 Å². The van der Waals surface area contributed by atoms with Gasteiger partial charge in [-0.3, -0.25) is 14.6 Å². The predicted octanol–water partition coefficient (Wildman–Crippen LogP) is 0.363. The number of hydrogen-bond acceptors (Lipinski definition) is 4. The number of nitrogens with one attached hydrogen (secondary N) is 2. The molecule has 2 fully saturated rings. The zero-order valence-electron chi connectivity index (χ0n) is 14.1. The van der Waals surface area contributed by atoms with E-state index in [1.54, 1.807) is 7.05 Å². The second-order valence-corrected chi connectivity index (χ2v) is 6.05. The number of hydrogen-bond donors (Lipinski definition) is 2. The van der Waals surface area contributed by atoms with E-state index in [2.05, 4.69) is 20.5 Å². The minimum atomic E-state index is -0.0853. The third-order valence-electron chi connectivity index (χ3n) is 4.28. The largest absolute Gasteiger partial charge is 0.466 e. The van der Waals surface area contributed by atoms with Gasteiger partial charge in [0.1, 0.15) is 0 Å². The summed E-state index contributed by atoms with van der Waals surface area (Å²) in [6.07, 6.45) is 3.63. The summed E-state index contributed by atoms with van der Waals surface area (Å²) in [6.45, 7) is 5.11. The second kappa shape index (κ2) is 8.74. The molecular formula is C16H28N4O3. The van der Waals surface area contributed by atoms with E-state index in [1.165, 1.54) is 0 Å². The number of aliphatic imine (C=N–C) groups is 1. The number of piperidine rings is 1. The molecule has 1 aliphatic carbocycles. The molecule has 0 unspecified atom stereocenters. The Morgan fingerprint density at radius 2 is 1.74 bits per heavy atom. The highest BCUT2D eigenvalue weighted by Gasteiger charge is 2.29. The van der Waals surface area contributed by atoms with Gasteiger partial charge < -0.3 is 20.3 Å². The van der Waals surface area contributed by atoms with Crippen LogP contribution >= 0.6 is 0 Å². The lowest BCUT2D eigenvalue weighted by Crippen LogP contribution is -2.48. The molecule has 0 aromatic heterocycles. The quantitative estimate of drug-likeness (QED) is 0.319. The van der Waals surface area contributed by atoms with Crippen LogP contribution in [0.3, 0.4) is 0 Å². The van der Waals surface area contributed by atoms with E-state index < -0.39 is 0 Å². The molecule has 0 aromatic rings.